The third-order valence-electron chi connectivity index (χ3n) is 2.55. The molecule has 0 spiro atoms. The molecular formula is C13H13F2NO. The number of aryl methyl sites for hydroxylation is 1. The molecule has 1 N–H and O–H groups in total. The lowest BCUT2D eigenvalue weighted by Gasteiger charge is -2.03. The molecule has 1 aromatic carbocycles. The topological polar surface area (TPSA) is 25.2 Å². The standard InChI is InChI=1S/C13H13F2NO/c1-8-3-5-10(13(15)12(8)14)11-6-4-9(17-11)7-16-2/h3-6,16H,7H2,1-2H3. The first-order valence-corrected chi connectivity index (χ1v) is 5.31. The molecule has 0 atom stereocenters. The molecule has 1 heterocycles. The van der Waals surface area contributed by atoms with Crippen LogP contribution in [0.15, 0.2) is 28.7 Å². The third-order valence-corrected chi connectivity index (χ3v) is 2.55. The minimum Gasteiger partial charge on any atom is -0.460 e. The molecule has 0 fully saturated rings. The molecule has 0 unspecified atom stereocenters. The average Bonchev–Trinajstić information content (AvgIpc) is 2.75. The van der Waals surface area contributed by atoms with Crippen molar-refractivity contribution in [2.24, 2.45) is 0 Å². The number of hydrogen-bond acceptors (Lipinski definition) is 2. The fourth-order valence-electron chi connectivity index (χ4n) is 1.63. The molecule has 1 aromatic heterocycles. The van der Waals surface area contributed by atoms with Gasteiger partial charge in [0.05, 0.1) is 12.1 Å². The van der Waals surface area contributed by atoms with Gasteiger partial charge in [-0.15, -0.1) is 0 Å². The molecule has 0 bridgehead atoms. The molecular weight excluding hydrogens is 224 g/mol. The summed E-state index contributed by atoms with van der Waals surface area (Å²) in [7, 11) is 1.79. The molecule has 2 aromatic rings. The van der Waals surface area contributed by atoms with Gasteiger partial charge in [-0.3, -0.25) is 0 Å². The van der Waals surface area contributed by atoms with Crippen LogP contribution in [0.25, 0.3) is 11.3 Å². The summed E-state index contributed by atoms with van der Waals surface area (Å²) in [5.41, 5.74) is 0.434. The second kappa shape index (κ2) is 4.67. The van der Waals surface area contributed by atoms with E-state index in [1.54, 1.807) is 19.2 Å². The average molecular weight is 237 g/mol. The Morgan fingerprint density at radius 3 is 2.59 bits per heavy atom. The van der Waals surface area contributed by atoms with Crippen LogP contribution in [0.1, 0.15) is 11.3 Å². The predicted molar refractivity (Wildman–Crippen MR) is 61.6 cm³/mol. The lowest BCUT2D eigenvalue weighted by Crippen LogP contribution is -2.03. The maximum Gasteiger partial charge on any atom is 0.170 e. The quantitative estimate of drug-likeness (QED) is 0.886. The highest BCUT2D eigenvalue weighted by atomic mass is 19.2. The first-order valence-electron chi connectivity index (χ1n) is 5.31. The molecule has 17 heavy (non-hydrogen) atoms. The van der Waals surface area contributed by atoms with Crippen LogP contribution in [-0.2, 0) is 6.54 Å². The van der Waals surface area contributed by atoms with Crippen LogP contribution in [0.2, 0.25) is 0 Å². The van der Waals surface area contributed by atoms with Crippen molar-refractivity contribution >= 4 is 0 Å². The summed E-state index contributed by atoms with van der Waals surface area (Å²) >= 11 is 0. The van der Waals surface area contributed by atoms with Gasteiger partial charge in [0.25, 0.3) is 0 Å². The van der Waals surface area contributed by atoms with Crippen molar-refractivity contribution < 1.29 is 13.2 Å². The van der Waals surface area contributed by atoms with Gasteiger partial charge in [-0.1, -0.05) is 6.07 Å². The maximum atomic E-state index is 13.7. The fourth-order valence-corrected chi connectivity index (χ4v) is 1.63. The van der Waals surface area contributed by atoms with Crippen molar-refractivity contribution in [3.8, 4) is 11.3 Å². The van der Waals surface area contributed by atoms with Crippen molar-refractivity contribution in [2.75, 3.05) is 7.05 Å². The molecule has 0 aliphatic rings. The van der Waals surface area contributed by atoms with Crippen LogP contribution in [0, 0.1) is 18.6 Å². The van der Waals surface area contributed by atoms with Crippen molar-refractivity contribution in [3.63, 3.8) is 0 Å². The minimum absolute atomic E-state index is 0.149. The van der Waals surface area contributed by atoms with Crippen molar-refractivity contribution in [3.05, 3.63) is 47.2 Å². The first kappa shape index (κ1) is 11.8. The van der Waals surface area contributed by atoms with E-state index in [9.17, 15) is 8.78 Å². The molecule has 4 heteroatoms. The summed E-state index contributed by atoms with van der Waals surface area (Å²) in [5.74, 6) is -0.668. The lowest BCUT2D eigenvalue weighted by atomic mass is 10.1. The molecule has 0 saturated heterocycles. The summed E-state index contributed by atoms with van der Waals surface area (Å²) in [6.45, 7) is 2.08. The third kappa shape index (κ3) is 2.22. The zero-order chi connectivity index (χ0) is 12.4. The molecule has 0 aliphatic carbocycles. The van der Waals surface area contributed by atoms with Crippen LogP contribution in [0.4, 0.5) is 8.78 Å². The number of furan rings is 1. The highest BCUT2D eigenvalue weighted by Gasteiger charge is 2.15. The van der Waals surface area contributed by atoms with E-state index in [0.717, 1.165) is 0 Å². The van der Waals surface area contributed by atoms with Gasteiger partial charge < -0.3 is 9.73 Å². The highest BCUT2D eigenvalue weighted by Crippen LogP contribution is 2.27. The first-order chi connectivity index (χ1) is 8.13. The Hall–Kier alpha value is -1.68. The van der Waals surface area contributed by atoms with Gasteiger partial charge >= 0.3 is 0 Å². The molecule has 0 saturated carbocycles. The summed E-state index contributed by atoms with van der Waals surface area (Å²) < 4.78 is 32.5. The zero-order valence-electron chi connectivity index (χ0n) is 9.68. The Kier molecular flexibility index (Phi) is 3.24. The van der Waals surface area contributed by atoms with Crippen molar-refractivity contribution in [1.82, 2.24) is 5.32 Å². The van der Waals surface area contributed by atoms with Crippen molar-refractivity contribution in [1.29, 1.82) is 0 Å². The number of nitrogens with one attached hydrogen (secondary N) is 1. The van der Waals surface area contributed by atoms with Crippen LogP contribution < -0.4 is 5.32 Å². The van der Waals surface area contributed by atoms with E-state index in [2.05, 4.69) is 5.32 Å². The normalized spacial score (nSPS) is 10.8. The van der Waals surface area contributed by atoms with E-state index >= 15 is 0 Å². The number of hydrogen-bond donors (Lipinski definition) is 1. The summed E-state index contributed by atoms with van der Waals surface area (Å²) in [6.07, 6.45) is 0. The molecule has 90 valence electrons. The van der Waals surface area contributed by atoms with E-state index in [0.29, 0.717) is 18.1 Å². The Morgan fingerprint density at radius 2 is 1.88 bits per heavy atom. The van der Waals surface area contributed by atoms with Crippen LogP contribution >= 0.6 is 0 Å². The fraction of sp³-hybridized carbons (Fsp3) is 0.231. The Balaban J connectivity index is 2.42. The van der Waals surface area contributed by atoms with Gasteiger partial charge in [-0.25, -0.2) is 8.78 Å². The van der Waals surface area contributed by atoms with Crippen LogP contribution in [0.3, 0.4) is 0 Å². The van der Waals surface area contributed by atoms with Gasteiger partial charge in [-0.05, 0) is 37.7 Å². The smallest absolute Gasteiger partial charge is 0.170 e. The van der Waals surface area contributed by atoms with Gasteiger partial charge in [0, 0.05) is 0 Å². The van der Waals surface area contributed by atoms with Gasteiger partial charge in [0.15, 0.2) is 11.6 Å². The lowest BCUT2D eigenvalue weighted by molar-refractivity contribution is 0.485. The zero-order valence-corrected chi connectivity index (χ0v) is 9.68. The SMILES string of the molecule is CNCc1ccc(-c2ccc(C)c(F)c2F)o1. The number of rotatable bonds is 3. The van der Waals surface area contributed by atoms with Crippen LogP contribution in [0.5, 0.6) is 0 Å². The van der Waals surface area contributed by atoms with Gasteiger partial charge in [0.2, 0.25) is 0 Å². The second-order valence-corrected chi connectivity index (χ2v) is 3.85. The largest absolute Gasteiger partial charge is 0.460 e. The Labute approximate surface area is 98.3 Å². The van der Waals surface area contributed by atoms with Gasteiger partial charge in [-0.2, -0.15) is 0 Å². The number of benzene rings is 1. The van der Waals surface area contributed by atoms with E-state index in [1.165, 1.54) is 19.1 Å². The second-order valence-electron chi connectivity index (χ2n) is 3.85. The highest BCUT2D eigenvalue weighted by molar-refractivity contribution is 5.59. The molecule has 2 rings (SSSR count). The minimum atomic E-state index is -0.865. The summed E-state index contributed by atoms with van der Waals surface area (Å²) in [4.78, 5) is 0. The Bertz CT molecular complexity index is 534. The Morgan fingerprint density at radius 1 is 1.12 bits per heavy atom. The van der Waals surface area contributed by atoms with Gasteiger partial charge in [0.1, 0.15) is 11.5 Å². The van der Waals surface area contributed by atoms with E-state index in [-0.39, 0.29) is 11.1 Å². The molecule has 0 amide bonds. The molecule has 2 nitrogen and oxygen atoms in total. The monoisotopic (exact) mass is 237 g/mol. The maximum absolute atomic E-state index is 13.7. The van der Waals surface area contributed by atoms with Crippen LogP contribution in [-0.4, -0.2) is 7.05 Å². The summed E-state index contributed by atoms with van der Waals surface area (Å²) in [6, 6.07) is 6.44. The molecule has 0 aliphatic heterocycles. The van der Waals surface area contributed by atoms with E-state index < -0.39 is 11.6 Å². The predicted octanol–water partition coefficient (Wildman–Crippen LogP) is 3.25. The summed E-state index contributed by atoms with van der Waals surface area (Å²) in [5, 5.41) is 2.92. The molecule has 0 radical (unpaired) electrons. The van der Waals surface area contributed by atoms with E-state index in [1.807, 2.05) is 0 Å². The van der Waals surface area contributed by atoms with E-state index in [4.69, 9.17) is 4.42 Å². The van der Waals surface area contributed by atoms with Crippen molar-refractivity contribution in [2.45, 2.75) is 13.5 Å². The number of halogens is 2.